The van der Waals surface area contributed by atoms with Gasteiger partial charge in [-0.1, -0.05) is 18.2 Å². The van der Waals surface area contributed by atoms with Gasteiger partial charge < -0.3 is 5.11 Å². The molecule has 1 heterocycles. The molecule has 0 saturated heterocycles. The Balaban J connectivity index is 2.18. The molecule has 0 aliphatic heterocycles. The lowest BCUT2D eigenvalue weighted by atomic mass is 10.1. The Labute approximate surface area is 106 Å². The van der Waals surface area contributed by atoms with Crippen LogP contribution in [0.2, 0.25) is 0 Å². The molecule has 4 heteroatoms. The third-order valence-corrected chi connectivity index (χ3v) is 4.18. The van der Waals surface area contributed by atoms with Crippen LogP contribution in [0.15, 0.2) is 40.2 Å². The predicted molar refractivity (Wildman–Crippen MR) is 67.1 cm³/mol. The standard InChI is InChI=1S/C12H10BrFOS/c13-12-8(3-1-4-9(12)14)7-10(15)11-5-2-6-16-11/h1-6,10,15H,7H2. The first kappa shape index (κ1) is 11.8. The minimum atomic E-state index is -0.571. The minimum absolute atomic E-state index is 0.295. The van der Waals surface area contributed by atoms with Crippen molar-refractivity contribution in [3.05, 3.63) is 56.4 Å². The highest BCUT2D eigenvalue weighted by atomic mass is 79.9. The molecule has 16 heavy (non-hydrogen) atoms. The van der Waals surface area contributed by atoms with Gasteiger partial charge in [-0.2, -0.15) is 0 Å². The highest BCUT2D eigenvalue weighted by Gasteiger charge is 2.13. The maximum absolute atomic E-state index is 13.2. The van der Waals surface area contributed by atoms with Crippen molar-refractivity contribution in [3.63, 3.8) is 0 Å². The Morgan fingerprint density at radius 2 is 2.12 bits per heavy atom. The summed E-state index contributed by atoms with van der Waals surface area (Å²) in [6.45, 7) is 0. The number of aliphatic hydroxyl groups is 1. The molecule has 2 rings (SSSR count). The molecule has 1 atom stereocenters. The molecule has 0 aliphatic rings. The van der Waals surface area contributed by atoms with Crippen LogP contribution < -0.4 is 0 Å². The fourth-order valence-electron chi connectivity index (χ4n) is 1.50. The number of halogens is 2. The molecule has 0 saturated carbocycles. The monoisotopic (exact) mass is 300 g/mol. The van der Waals surface area contributed by atoms with Crippen molar-refractivity contribution in [1.29, 1.82) is 0 Å². The molecule has 0 fully saturated rings. The van der Waals surface area contributed by atoms with Gasteiger partial charge in [0, 0.05) is 11.3 Å². The van der Waals surface area contributed by atoms with Crippen LogP contribution in [0.3, 0.4) is 0 Å². The van der Waals surface area contributed by atoms with E-state index in [-0.39, 0.29) is 5.82 Å². The molecule has 1 N–H and O–H groups in total. The van der Waals surface area contributed by atoms with Crippen LogP contribution in [0.5, 0.6) is 0 Å². The lowest BCUT2D eigenvalue weighted by Gasteiger charge is -2.10. The van der Waals surface area contributed by atoms with Gasteiger partial charge in [-0.25, -0.2) is 4.39 Å². The second-order valence-corrected chi connectivity index (χ2v) is 5.22. The largest absolute Gasteiger partial charge is 0.387 e. The zero-order valence-electron chi connectivity index (χ0n) is 8.36. The van der Waals surface area contributed by atoms with Gasteiger partial charge in [0.15, 0.2) is 0 Å². The van der Waals surface area contributed by atoms with Crippen LogP contribution in [-0.4, -0.2) is 5.11 Å². The Morgan fingerprint density at radius 1 is 1.31 bits per heavy atom. The molecule has 84 valence electrons. The van der Waals surface area contributed by atoms with E-state index in [9.17, 15) is 9.50 Å². The van der Waals surface area contributed by atoms with E-state index in [0.717, 1.165) is 10.4 Å². The normalized spacial score (nSPS) is 12.7. The molecule has 1 aromatic heterocycles. The van der Waals surface area contributed by atoms with Gasteiger partial charge in [-0.05, 0) is 39.0 Å². The van der Waals surface area contributed by atoms with E-state index < -0.39 is 6.10 Å². The maximum atomic E-state index is 13.2. The molecule has 1 unspecified atom stereocenters. The van der Waals surface area contributed by atoms with Crippen molar-refractivity contribution in [1.82, 2.24) is 0 Å². The first-order valence-electron chi connectivity index (χ1n) is 4.83. The predicted octanol–water partition coefficient (Wildman–Crippen LogP) is 3.93. The van der Waals surface area contributed by atoms with Crippen LogP contribution in [0.25, 0.3) is 0 Å². The summed E-state index contributed by atoms with van der Waals surface area (Å²) in [4.78, 5) is 0.899. The van der Waals surface area contributed by atoms with Crippen molar-refractivity contribution in [2.45, 2.75) is 12.5 Å². The Hall–Kier alpha value is -0.710. The lowest BCUT2D eigenvalue weighted by molar-refractivity contribution is 0.182. The van der Waals surface area contributed by atoms with Crippen LogP contribution in [-0.2, 0) is 6.42 Å². The number of rotatable bonds is 3. The number of hydrogen-bond donors (Lipinski definition) is 1. The second kappa shape index (κ2) is 5.08. The highest BCUT2D eigenvalue weighted by Crippen LogP contribution is 2.27. The molecule has 0 radical (unpaired) electrons. The van der Waals surface area contributed by atoms with Crippen LogP contribution in [0.1, 0.15) is 16.5 Å². The van der Waals surface area contributed by atoms with E-state index in [1.165, 1.54) is 17.4 Å². The molecule has 0 amide bonds. The average Bonchev–Trinajstić information content (AvgIpc) is 2.78. The Kier molecular flexibility index (Phi) is 3.74. The van der Waals surface area contributed by atoms with Crippen molar-refractivity contribution in [3.8, 4) is 0 Å². The zero-order chi connectivity index (χ0) is 11.5. The number of thiophene rings is 1. The van der Waals surface area contributed by atoms with E-state index in [1.54, 1.807) is 6.07 Å². The topological polar surface area (TPSA) is 20.2 Å². The third kappa shape index (κ3) is 2.51. The van der Waals surface area contributed by atoms with E-state index in [1.807, 2.05) is 23.6 Å². The summed E-state index contributed by atoms with van der Waals surface area (Å²) in [5.41, 5.74) is 0.779. The van der Waals surface area contributed by atoms with Crippen LogP contribution in [0.4, 0.5) is 4.39 Å². The van der Waals surface area contributed by atoms with Gasteiger partial charge in [0.2, 0.25) is 0 Å². The zero-order valence-corrected chi connectivity index (χ0v) is 10.8. The van der Waals surface area contributed by atoms with E-state index in [2.05, 4.69) is 15.9 Å². The third-order valence-electron chi connectivity index (χ3n) is 2.32. The molecular weight excluding hydrogens is 291 g/mol. The first-order chi connectivity index (χ1) is 7.68. The minimum Gasteiger partial charge on any atom is -0.387 e. The molecule has 2 aromatic rings. The summed E-state index contributed by atoms with van der Waals surface area (Å²) in [6.07, 6.45) is -0.156. The molecular formula is C12H10BrFOS. The van der Waals surface area contributed by atoms with Crippen molar-refractivity contribution in [2.75, 3.05) is 0 Å². The SMILES string of the molecule is OC(Cc1cccc(F)c1Br)c1cccs1. The van der Waals surface area contributed by atoms with Gasteiger partial charge in [0.1, 0.15) is 5.82 Å². The summed E-state index contributed by atoms with van der Waals surface area (Å²) < 4.78 is 13.7. The maximum Gasteiger partial charge on any atom is 0.137 e. The van der Waals surface area contributed by atoms with Crippen LogP contribution >= 0.6 is 27.3 Å². The van der Waals surface area contributed by atoms with E-state index >= 15 is 0 Å². The molecule has 0 bridgehead atoms. The van der Waals surface area contributed by atoms with E-state index in [0.29, 0.717) is 10.9 Å². The van der Waals surface area contributed by atoms with Crippen LogP contribution in [0, 0.1) is 5.82 Å². The molecule has 0 aliphatic carbocycles. The summed E-state index contributed by atoms with van der Waals surface area (Å²) in [5.74, 6) is -0.295. The van der Waals surface area contributed by atoms with Gasteiger partial charge in [0.25, 0.3) is 0 Å². The fourth-order valence-corrected chi connectivity index (χ4v) is 2.63. The number of hydrogen-bond acceptors (Lipinski definition) is 2. The first-order valence-corrected chi connectivity index (χ1v) is 6.50. The van der Waals surface area contributed by atoms with Gasteiger partial charge in [-0.3, -0.25) is 0 Å². The van der Waals surface area contributed by atoms with Crippen molar-refractivity contribution >= 4 is 27.3 Å². The summed E-state index contributed by atoms with van der Waals surface area (Å²) in [7, 11) is 0. The highest BCUT2D eigenvalue weighted by molar-refractivity contribution is 9.10. The lowest BCUT2D eigenvalue weighted by Crippen LogP contribution is -2.01. The van der Waals surface area contributed by atoms with Crippen molar-refractivity contribution in [2.24, 2.45) is 0 Å². The molecule has 1 nitrogen and oxygen atoms in total. The van der Waals surface area contributed by atoms with E-state index in [4.69, 9.17) is 0 Å². The quantitative estimate of drug-likeness (QED) is 0.911. The summed E-state index contributed by atoms with van der Waals surface area (Å²) >= 11 is 4.69. The average molecular weight is 301 g/mol. The van der Waals surface area contributed by atoms with Gasteiger partial charge in [-0.15, -0.1) is 11.3 Å². The van der Waals surface area contributed by atoms with Gasteiger partial charge >= 0.3 is 0 Å². The summed E-state index contributed by atoms with van der Waals surface area (Å²) in [6, 6.07) is 8.62. The Bertz CT molecular complexity index is 470. The fraction of sp³-hybridized carbons (Fsp3) is 0.167. The van der Waals surface area contributed by atoms with Gasteiger partial charge in [0.05, 0.1) is 10.6 Å². The number of benzene rings is 1. The number of aliphatic hydroxyl groups excluding tert-OH is 1. The Morgan fingerprint density at radius 3 is 2.81 bits per heavy atom. The molecule has 0 spiro atoms. The smallest absolute Gasteiger partial charge is 0.137 e. The second-order valence-electron chi connectivity index (χ2n) is 3.45. The van der Waals surface area contributed by atoms with Crippen molar-refractivity contribution < 1.29 is 9.50 Å². The molecule has 1 aromatic carbocycles. The summed E-state index contributed by atoms with van der Waals surface area (Å²) in [5, 5.41) is 11.9.